The highest BCUT2D eigenvalue weighted by Gasteiger charge is 2.17. The van der Waals surface area contributed by atoms with Crippen LogP contribution in [0.3, 0.4) is 0 Å². The van der Waals surface area contributed by atoms with E-state index in [1.54, 1.807) is 11.3 Å². The van der Waals surface area contributed by atoms with E-state index in [0.717, 1.165) is 18.5 Å². The van der Waals surface area contributed by atoms with Gasteiger partial charge in [0.2, 0.25) is 0 Å². The Kier molecular flexibility index (Phi) is 4.52. The fourth-order valence-electron chi connectivity index (χ4n) is 5.84. The van der Waals surface area contributed by atoms with Crippen molar-refractivity contribution in [2.75, 3.05) is 0 Å². The molecule has 4 heteroatoms. The largest absolute Gasteiger partial charge is 0.340 e. The first-order valence-corrected chi connectivity index (χ1v) is 13.5. The summed E-state index contributed by atoms with van der Waals surface area (Å²) in [5.41, 5.74) is 7.31. The van der Waals surface area contributed by atoms with Crippen molar-refractivity contribution in [3.05, 3.63) is 120 Å². The van der Waals surface area contributed by atoms with Crippen molar-refractivity contribution in [2.24, 2.45) is 0 Å². The molecule has 3 aromatic heterocycles. The van der Waals surface area contributed by atoms with Gasteiger partial charge in [-0.2, -0.15) is 0 Å². The minimum atomic E-state index is 0.890. The molecule has 0 unspecified atom stereocenters. The van der Waals surface area contributed by atoms with Gasteiger partial charge in [-0.25, -0.2) is 4.98 Å². The van der Waals surface area contributed by atoms with E-state index in [9.17, 15) is 0 Å². The molecule has 0 bridgehead atoms. The number of aromatic nitrogens is 3. The third-order valence-corrected chi connectivity index (χ3v) is 8.56. The number of rotatable bonds is 4. The molecule has 0 aliphatic carbocycles. The molecule has 3 nitrogen and oxygen atoms in total. The van der Waals surface area contributed by atoms with Crippen LogP contribution in [0.4, 0.5) is 0 Å². The monoisotopic (exact) mass is 493 g/mol. The first-order chi connectivity index (χ1) is 18.3. The zero-order valence-electron chi connectivity index (χ0n) is 20.1. The van der Waals surface area contributed by atoms with Crippen LogP contribution < -0.4 is 0 Å². The van der Waals surface area contributed by atoms with E-state index in [2.05, 4.69) is 124 Å². The molecular formula is C33H23N3S. The quantitative estimate of drug-likeness (QED) is 0.240. The Hall–Kier alpha value is -4.41. The Morgan fingerprint density at radius 1 is 0.568 bits per heavy atom. The number of hydrogen-bond donors (Lipinski definition) is 0. The van der Waals surface area contributed by atoms with Gasteiger partial charge in [0.15, 0.2) is 0 Å². The highest BCUT2D eigenvalue weighted by atomic mass is 32.1. The van der Waals surface area contributed by atoms with Crippen LogP contribution in [-0.2, 0) is 13.0 Å². The molecule has 0 saturated carbocycles. The Morgan fingerprint density at radius 2 is 1.24 bits per heavy atom. The molecule has 3 heterocycles. The number of hydrogen-bond acceptors (Lipinski definition) is 2. The van der Waals surface area contributed by atoms with Gasteiger partial charge in [0.25, 0.3) is 0 Å². The standard InChI is InChI=1S/C33H23N3S/c1-2-10-22(11-3-1)36-29-16-8-5-13-24(29)26-20-25-23-12-4-7-15-28(23)35(30(25)21-31(26)36)19-18-33-34-27-14-6-9-17-32(27)37-33/h1-17,20-21H,18-19H2. The topological polar surface area (TPSA) is 22.8 Å². The number of fused-ring (bicyclic) bond motifs is 7. The predicted octanol–water partition coefficient (Wildman–Crippen LogP) is 8.74. The van der Waals surface area contributed by atoms with E-state index in [4.69, 9.17) is 4.98 Å². The molecule has 0 spiro atoms. The van der Waals surface area contributed by atoms with Gasteiger partial charge in [-0.05, 0) is 48.5 Å². The fourth-order valence-corrected chi connectivity index (χ4v) is 6.80. The molecule has 0 fully saturated rings. The molecular weight excluding hydrogens is 470 g/mol. The maximum atomic E-state index is 4.91. The number of nitrogens with zero attached hydrogens (tertiary/aromatic N) is 3. The average molecular weight is 494 g/mol. The maximum Gasteiger partial charge on any atom is 0.0956 e. The Labute approximate surface area is 217 Å². The molecule has 0 aliphatic heterocycles. The molecule has 176 valence electrons. The van der Waals surface area contributed by atoms with Gasteiger partial charge in [-0.3, -0.25) is 0 Å². The minimum absolute atomic E-state index is 0.890. The number of para-hydroxylation sites is 4. The Morgan fingerprint density at radius 3 is 2.08 bits per heavy atom. The number of benzene rings is 5. The molecule has 5 aromatic carbocycles. The highest BCUT2D eigenvalue weighted by Crippen LogP contribution is 2.38. The van der Waals surface area contributed by atoms with Crippen LogP contribution in [0.2, 0.25) is 0 Å². The second-order valence-corrected chi connectivity index (χ2v) is 10.7. The molecule has 0 atom stereocenters. The normalized spacial score (nSPS) is 12.0. The van der Waals surface area contributed by atoms with Crippen molar-refractivity contribution in [2.45, 2.75) is 13.0 Å². The average Bonchev–Trinajstić information content (AvgIpc) is 3.61. The minimum Gasteiger partial charge on any atom is -0.340 e. The fraction of sp³-hybridized carbons (Fsp3) is 0.0606. The molecule has 0 radical (unpaired) electrons. The summed E-state index contributed by atoms with van der Waals surface area (Å²) < 4.78 is 6.15. The maximum absolute atomic E-state index is 4.91. The molecule has 0 N–H and O–H groups in total. The van der Waals surface area contributed by atoms with E-state index >= 15 is 0 Å². The molecule has 37 heavy (non-hydrogen) atoms. The van der Waals surface area contributed by atoms with Gasteiger partial charge in [0.05, 0.1) is 31.8 Å². The lowest BCUT2D eigenvalue weighted by Gasteiger charge is -2.09. The third-order valence-electron chi connectivity index (χ3n) is 7.47. The summed E-state index contributed by atoms with van der Waals surface area (Å²) in [7, 11) is 0. The molecule has 8 rings (SSSR count). The van der Waals surface area contributed by atoms with Crippen LogP contribution in [-0.4, -0.2) is 14.1 Å². The van der Waals surface area contributed by atoms with Gasteiger partial charge >= 0.3 is 0 Å². The summed E-state index contributed by atoms with van der Waals surface area (Å²) in [4.78, 5) is 4.91. The van der Waals surface area contributed by atoms with Crippen molar-refractivity contribution in [1.82, 2.24) is 14.1 Å². The van der Waals surface area contributed by atoms with Crippen molar-refractivity contribution < 1.29 is 0 Å². The lowest BCUT2D eigenvalue weighted by molar-refractivity contribution is 0.742. The molecule has 0 saturated heterocycles. The number of aryl methyl sites for hydroxylation is 2. The van der Waals surface area contributed by atoms with E-state index in [-0.39, 0.29) is 0 Å². The second-order valence-electron chi connectivity index (χ2n) is 9.57. The summed E-state index contributed by atoms with van der Waals surface area (Å²) in [5, 5.41) is 6.38. The third kappa shape index (κ3) is 3.16. The number of thiazole rings is 1. The van der Waals surface area contributed by atoms with Crippen LogP contribution >= 0.6 is 11.3 Å². The van der Waals surface area contributed by atoms with Gasteiger partial charge < -0.3 is 9.13 Å². The highest BCUT2D eigenvalue weighted by molar-refractivity contribution is 7.18. The van der Waals surface area contributed by atoms with Crippen molar-refractivity contribution >= 4 is 65.2 Å². The Balaban J connectivity index is 1.38. The summed E-state index contributed by atoms with van der Waals surface area (Å²) >= 11 is 1.81. The molecule has 0 aliphatic rings. The summed E-state index contributed by atoms with van der Waals surface area (Å²) in [6, 6.07) is 41.5. The summed E-state index contributed by atoms with van der Waals surface area (Å²) in [6.07, 6.45) is 0.910. The second kappa shape index (κ2) is 8.05. The van der Waals surface area contributed by atoms with Crippen molar-refractivity contribution in [3.63, 3.8) is 0 Å². The zero-order chi connectivity index (χ0) is 24.3. The van der Waals surface area contributed by atoms with E-state index in [1.165, 1.54) is 59.0 Å². The summed E-state index contributed by atoms with van der Waals surface area (Å²) in [6.45, 7) is 0.890. The van der Waals surface area contributed by atoms with Crippen molar-refractivity contribution in [3.8, 4) is 5.69 Å². The first-order valence-electron chi connectivity index (χ1n) is 12.7. The van der Waals surface area contributed by atoms with Crippen molar-refractivity contribution in [1.29, 1.82) is 0 Å². The molecule has 8 aromatic rings. The Bertz CT molecular complexity index is 2060. The van der Waals surface area contributed by atoms with Gasteiger partial charge in [-0.1, -0.05) is 66.7 Å². The van der Waals surface area contributed by atoms with Crippen LogP contribution in [0, 0.1) is 0 Å². The van der Waals surface area contributed by atoms with Gasteiger partial charge in [0.1, 0.15) is 0 Å². The molecule has 0 amide bonds. The van der Waals surface area contributed by atoms with E-state index in [1.807, 2.05) is 0 Å². The van der Waals surface area contributed by atoms with E-state index in [0.29, 0.717) is 0 Å². The first kappa shape index (κ1) is 20.7. The lowest BCUT2D eigenvalue weighted by atomic mass is 10.1. The van der Waals surface area contributed by atoms with E-state index < -0.39 is 0 Å². The van der Waals surface area contributed by atoms with Crippen LogP contribution in [0.15, 0.2) is 115 Å². The van der Waals surface area contributed by atoms with Gasteiger partial charge in [-0.15, -0.1) is 11.3 Å². The SMILES string of the molecule is c1ccc(-n2c3ccccc3c3cc4c5ccccc5n(CCc5nc6ccccc6s5)c4cc32)cc1. The lowest BCUT2D eigenvalue weighted by Crippen LogP contribution is -2.01. The smallest absolute Gasteiger partial charge is 0.0956 e. The van der Waals surface area contributed by atoms with Crippen LogP contribution in [0.1, 0.15) is 5.01 Å². The van der Waals surface area contributed by atoms with Gasteiger partial charge in [0, 0.05) is 45.7 Å². The van der Waals surface area contributed by atoms with Crippen LogP contribution in [0.5, 0.6) is 0 Å². The van der Waals surface area contributed by atoms with Crippen LogP contribution in [0.25, 0.3) is 59.5 Å². The predicted molar refractivity (Wildman–Crippen MR) is 157 cm³/mol. The summed E-state index contributed by atoms with van der Waals surface area (Å²) in [5.74, 6) is 0. The zero-order valence-corrected chi connectivity index (χ0v) is 21.0.